The van der Waals surface area contributed by atoms with Gasteiger partial charge in [-0.15, -0.1) is 5.10 Å². The summed E-state index contributed by atoms with van der Waals surface area (Å²) in [5.74, 6) is -2.07. The summed E-state index contributed by atoms with van der Waals surface area (Å²) >= 11 is 13.2. The third-order valence-corrected chi connectivity index (χ3v) is 7.77. The highest BCUT2D eigenvalue weighted by atomic mass is 35.5. The van der Waals surface area contributed by atoms with E-state index in [1.165, 1.54) is 0 Å². The van der Waals surface area contributed by atoms with Gasteiger partial charge in [0.05, 0.1) is 15.7 Å². The van der Waals surface area contributed by atoms with Gasteiger partial charge in [0.25, 0.3) is 5.91 Å². The molecule has 3 aromatic rings. The fourth-order valence-corrected chi connectivity index (χ4v) is 5.61. The minimum absolute atomic E-state index is 0.0619. The molecule has 0 spiro atoms. The lowest BCUT2D eigenvalue weighted by Crippen LogP contribution is -2.47. The zero-order valence-corrected chi connectivity index (χ0v) is 23.4. The Morgan fingerprint density at radius 2 is 1.73 bits per heavy atom. The summed E-state index contributed by atoms with van der Waals surface area (Å²) in [5, 5.41) is 5.78. The second kappa shape index (κ2) is 12.7. The Morgan fingerprint density at radius 3 is 2.27 bits per heavy atom. The van der Waals surface area contributed by atoms with Gasteiger partial charge in [-0.05, 0) is 49.0 Å². The molecule has 2 amide bonds. The van der Waals surface area contributed by atoms with Crippen molar-refractivity contribution in [3.63, 3.8) is 0 Å². The first kappa shape index (κ1) is 30.0. The highest BCUT2D eigenvalue weighted by Gasteiger charge is 2.45. The molecule has 1 aliphatic carbocycles. The second-order valence-electron chi connectivity index (χ2n) is 9.22. The van der Waals surface area contributed by atoms with E-state index in [0.717, 1.165) is 60.7 Å². The first-order valence-corrected chi connectivity index (χ1v) is 13.8. The van der Waals surface area contributed by atoms with E-state index in [9.17, 15) is 27.2 Å². The molecule has 4 rings (SSSR count). The number of rotatable bonds is 9. The maximum absolute atomic E-state index is 14.0. The van der Waals surface area contributed by atoms with Gasteiger partial charge in [-0.2, -0.15) is 17.6 Å². The summed E-state index contributed by atoms with van der Waals surface area (Å²) in [6.07, 6.45) is -4.50. The first-order chi connectivity index (χ1) is 19.0. The number of amides is 2. The number of aryl methyl sites for hydroxylation is 1. The van der Waals surface area contributed by atoms with Gasteiger partial charge in [-0.3, -0.25) is 14.5 Å². The Labute approximate surface area is 241 Å². The Bertz CT molecular complexity index is 1330. The molecule has 1 unspecified atom stereocenters. The van der Waals surface area contributed by atoms with Crippen LogP contribution in [0.4, 0.5) is 23.2 Å². The van der Waals surface area contributed by atoms with Crippen LogP contribution >= 0.6 is 34.7 Å². The molecule has 0 radical (unpaired) electrons. The van der Waals surface area contributed by atoms with E-state index in [1.54, 1.807) is 37.3 Å². The van der Waals surface area contributed by atoms with E-state index in [1.807, 2.05) is 0 Å². The van der Waals surface area contributed by atoms with Gasteiger partial charge in [-0.25, -0.2) is 0 Å². The molecule has 1 aliphatic rings. The number of nitrogens with one attached hydrogen (secondary N) is 1. The highest BCUT2D eigenvalue weighted by molar-refractivity contribution is 7.08. The van der Waals surface area contributed by atoms with Crippen molar-refractivity contribution in [2.24, 2.45) is 0 Å². The van der Waals surface area contributed by atoms with Crippen LogP contribution in [-0.2, 0) is 4.79 Å². The van der Waals surface area contributed by atoms with Crippen molar-refractivity contribution in [2.45, 2.75) is 63.6 Å². The number of ether oxygens (including phenoxy) is 1. The molecule has 214 valence electrons. The van der Waals surface area contributed by atoms with Gasteiger partial charge in [0, 0.05) is 11.7 Å². The number of carbonyl (C=O) groups excluding carboxylic acids is 2. The van der Waals surface area contributed by atoms with Gasteiger partial charge in [-0.1, -0.05) is 77.3 Å². The summed E-state index contributed by atoms with van der Waals surface area (Å²) in [6.45, 7) is 1.57. The molecule has 7 nitrogen and oxygen atoms in total. The van der Waals surface area contributed by atoms with Gasteiger partial charge in [0.1, 0.15) is 10.9 Å². The minimum Gasteiger partial charge on any atom is -0.425 e. The van der Waals surface area contributed by atoms with E-state index in [0.29, 0.717) is 11.3 Å². The van der Waals surface area contributed by atoms with Crippen molar-refractivity contribution in [1.82, 2.24) is 14.9 Å². The molecule has 1 aromatic heterocycles. The van der Waals surface area contributed by atoms with Crippen LogP contribution in [0.25, 0.3) is 0 Å². The maximum Gasteiger partial charge on any atom is 0.461 e. The predicted octanol–water partition coefficient (Wildman–Crippen LogP) is 7.23. The number of carbonyl (C=O) groups is 2. The molecule has 1 N–H and O–H groups in total. The predicted molar refractivity (Wildman–Crippen MR) is 144 cm³/mol. The molecular weight excluding hydrogens is 595 g/mol. The van der Waals surface area contributed by atoms with Crippen molar-refractivity contribution >= 4 is 52.2 Å². The van der Waals surface area contributed by atoms with Crippen molar-refractivity contribution in [3.8, 4) is 5.75 Å². The van der Waals surface area contributed by atoms with Crippen molar-refractivity contribution < 1.29 is 31.9 Å². The Morgan fingerprint density at radius 1 is 1.10 bits per heavy atom. The van der Waals surface area contributed by atoms with E-state index in [4.69, 9.17) is 23.2 Å². The molecule has 1 atom stereocenters. The van der Waals surface area contributed by atoms with E-state index < -0.39 is 46.2 Å². The van der Waals surface area contributed by atoms with Gasteiger partial charge in [0.2, 0.25) is 5.91 Å². The number of aromatic nitrogens is 2. The van der Waals surface area contributed by atoms with Crippen LogP contribution in [0.2, 0.25) is 10.0 Å². The number of halogens is 6. The topological polar surface area (TPSA) is 84.4 Å². The third kappa shape index (κ3) is 6.67. The van der Waals surface area contributed by atoms with Gasteiger partial charge in [0.15, 0.2) is 5.75 Å². The molecule has 14 heteroatoms. The van der Waals surface area contributed by atoms with Gasteiger partial charge >= 0.3 is 12.5 Å². The quantitative estimate of drug-likeness (QED) is 0.256. The SMILES string of the molecule is Cc1nnsc1C(=O)N(c1cc(Cl)c(OC(F)(F)C(F)F)c(Cl)c1)C(C(=O)NC1CCCCC1)c1ccccc1. The number of benzene rings is 2. The molecule has 1 saturated carbocycles. The average molecular weight is 619 g/mol. The Balaban J connectivity index is 1.84. The van der Waals surface area contributed by atoms with Gasteiger partial charge < -0.3 is 10.1 Å². The zero-order chi connectivity index (χ0) is 29.0. The lowest BCUT2D eigenvalue weighted by molar-refractivity contribution is -0.253. The fourth-order valence-electron chi connectivity index (χ4n) is 4.46. The van der Waals surface area contributed by atoms with Crippen molar-refractivity contribution in [1.29, 1.82) is 0 Å². The summed E-state index contributed by atoms with van der Waals surface area (Å²) < 4.78 is 60.9. The number of hydrogen-bond donors (Lipinski definition) is 1. The molecule has 1 fully saturated rings. The molecule has 0 bridgehead atoms. The van der Waals surface area contributed by atoms with Crippen LogP contribution in [0, 0.1) is 6.92 Å². The summed E-state index contributed by atoms with van der Waals surface area (Å²) in [6, 6.07) is 9.20. The third-order valence-electron chi connectivity index (χ3n) is 6.39. The Hall–Kier alpha value is -2.96. The van der Waals surface area contributed by atoms with Crippen LogP contribution in [0.1, 0.15) is 59.1 Å². The number of anilines is 1. The number of nitrogens with zero attached hydrogens (tertiary/aromatic N) is 3. The average Bonchev–Trinajstić information content (AvgIpc) is 3.35. The molecule has 40 heavy (non-hydrogen) atoms. The first-order valence-electron chi connectivity index (χ1n) is 12.3. The van der Waals surface area contributed by atoms with Crippen molar-refractivity contribution in [3.05, 3.63) is 68.6 Å². The molecule has 0 saturated heterocycles. The van der Waals surface area contributed by atoms with Crippen LogP contribution < -0.4 is 15.0 Å². The number of alkyl halides is 4. The summed E-state index contributed by atoms with van der Waals surface area (Å²) in [5.41, 5.74) is 0.678. The minimum atomic E-state index is -4.87. The van der Waals surface area contributed by atoms with E-state index in [-0.39, 0.29) is 16.6 Å². The number of hydrogen-bond acceptors (Lipinski definition) is 6. The summed E-state index contributed by atoms with van der Waals surface area (Å²) in [7, 11) is 0. The zero-order valence-electron chi connectivity index (χ0n) is 21.1. The molecule has 1 heterocycles. The lowest BCUT2D eigenvalue weighted by Gasteiger charge is -2.33. The molecular formula is C26H24Cl2F4N4O3S. The van der Waals surface area contributed by atoms with Crippen LogP contribution in [0.5, 0.6) is 5.75 Å². The molecule has 2 aromatic carbocycles. The molecule has 0 aliphatic heterocycles. The van der Waals surface area contributed by atoms with Crippen LogP contribution in [0.15, 0.2) is 42.5 Å². The summed E-state index contributed by atoms with van der Waals surface area (Å²) in [4.78, 5) is 29.1. The monoisotopic (exact) mass is 618 g/mol. The Kier molecular flexibility index (Phi) is 9.52. The largest absolute Gasteiger partial charge is 0.461 e. The van der Waals surface area contributed by atoms with E-state index >= 15 is 0 Å². The van der Waals surface area contributed by atoms with E-state index in [2.05, 4.69) is 19.6 Å². The normalized spacial score (nSPS) is 15.1. The smallest absolute Gasteiger partial charge is 0.425 e. The standard InChI is InChI=1S/C26H24Cl2F4N4O3S/c1-14-22(40-35-34-14)24(38)36(17-12-18(27)21(19(28)13-17)39-26(31,32)25(29)30)20(15-8-4-2-5-9-15)23(37)33-16-10-6-3-7-11-16/h2,4-5,8-9,12-13,16,20,25H,3,6-7,10-11H2,1H3,(H,33,37). The lowest BCUT2D eigenvalue weighted by atomic mass is 9.94. The fraction of sp³-hybridized carbons (Fsp3) is 0.385. The van der Waals surface area contributed by atoms with Crippen LogP contribution in [-0.4, -0.2) is 40.0 Å². The van der Waals surface area contributed by atoms with Crippen molar-refractivity contribution in [2.75, 3.05) is 4.90 Å². The maximum atomic E-state index is 14.0. The van der Waals surface area contributed by atoms with Crippen LogP contribution in [0.3, 0.4) is 0 Å². The highest BCUT2D eigenvalue weighted by Crippen LogP contribution is 2.43. The second-order valence-corrected chi connectivity index (χ2v) is 10.8.